The molecule has 0 aliphatic carbocycles. The van der Waals surface area contributed by atoms with Crippen molar-refractivity contribution < 1.29 is 9.53 Å². The molecule has 1 fully saturated rings. The van der Waals surface area contributed by atoms with Crippen LogP contribution in [0.2, 0.25) is 0 Å². The predicted molar refractivity (Wildman–Crippen MR) is 107 cm³/mol. The minimum Gasteiger partial charge on any atom is -0.496 e. The minimum atomic E-state index is -0.0842. The molecular weight excluding hydrogens is 324 g/mol. The summed E-state index contributed by atoms with van der Waals surface area (Å²) in [7, 11) is 1.66. The van der Waals surface area contributed by atoms with Crippen molar-refractivity contribution in [1.82, 2.24) is 9.88 Å². The Bertz CT molecular complexity index is 783. The van der Waals surface area contributed by atoms with Gasteiger partial charge in [0.1, 0.15) is 11.4 Å². The highest BCUT2D eigenvalue weighted by Crippen LogP contribution is 2.46. The highest BCUT2D eigenvalue weighted by molar-refractivity contribution is 6.00. The zero-order chi connectivity index (χ0) is 19.1. The molecule has 0 saturated carbocycles. The first-order chi connectivity index (χ1) is 12.3. The van der Waals surface area contributed by atoms with Crippen LogP contribution in [0.25, 0.3) is 10.9 Å². The Morgan fingerprint density at radius 1 is 1.31 bits per heavy atom. The second-order valence-electron chi connectivity index (χ2n) is 8.30. The van der Waals surface area contributed by atoms with E-state index < -0.39 is 0 Å². The number of aromatic amines is 1. The maximum atomic E-state index is 13.6. The molecule has 1 aliphatic rings. The van der Waals surface area contributed by atoms with Crippen molar-refractivity contribution in [2.75, 3.05) is 13.7 Å². The Morgan fingerprint density at radius 2 is 2.00 bits per heavy atom. The van der Waals surface area contributed by atoms with Gasteiger partial charge in [-0.1, -0.05) is 47.1 Å². The van der Waals surface area contributed by atoms with Gasteiger partial charge in [-0.05, 0) is 42.4 Å². The Balaban J connectivity index is 2.04. The SMILES string of the molecule is CCC1CN(C(=O)c2cc3c(OC)cccc3[nH]2)C(C(C)C)(C(C)C)C1. The van der Waals surface area contributed by atoms with Gasteiger partial charge in [0.2, 0.25) is 0 Å². The molecule has 26 heavy (non-hydrogen) atoms. The summed E-state index contributed by atoms with van der Waals surface area (Å²) >= 11 is 0. The molecule has 3 rings (SSSR count). The van der Waals surface area contributed by atoms with Crippen LogP contribution in [0.5, 0.6) is 5.75 Å². The largest absolute Gasteiger partial charge is 0.496 e. The molecule has 1 saturated heterocycles. The van der Waals surface area contributed by atoms with Crippen molar-refractivity contribution in [3.8, 4) is 5.75 Å². The van der Waals surface area contributed by atoms with Crippen LogP contribution >= 0.6 is 0 Å². The van der Waals surface area contributed by atoms with Crippen LogP contribution in [-0.2, 0) is 0 Å². The number of methoxy groups -OCH3 is 1. The number of nitrogens with one attached hydrogen (secondary N) is 1. The predicted octanol–water partition coefficient (Wildman–Crippen LogP) is 5.10. The normalized spacial score (nSPS) is 19.7. The van der Waals surface area contributed by atoms with E-state index in [1.165, 1.54) is 0 Å². The molecule has 1 aromatic carbocycles. The van der Waals surface area contributed by atoms with Gasteiger partial charge in [0, 0.05) is 23.0 Å². The summed E-state index contributed by atoms with van der Waals surface area (Å²) in [5.74, 6) is 2.32. The fourth-order valence-corrected chi connectivity index (χ4v) is 4.94. The lowest BCUT2D eigenvalue weighted by atomic mass is 9.73. The van der Waals surface area contributed by atoms with Gasteiger partial charge < -0.3 is 14.6 Å². The van der Waals surface area contributed by atoms with Gasteiger partial charge in [-0.15, -0.1) is 0 Å². The van der Waals surface area contributed by atoms with E-state index in [1.807, 2.05) is 24.3 Å². The fraction of sp³-hybridized carbons (Fsp3) is 0.591. The third kappa shape index (κ3) is 2.80. The van der Waals surface area contributed by atoms with Crippen molar-refractivity contribution in [2.24, 2.45) is 17.8 Å². The minimum absolute atomic E-state index is 0.0842. The molecule has 0 bridgehead atoms. The van der Waals surface area contributed by atoms with Gasteiger partial charge in [-0.3, -0.25) is 4.79 Å². The number of amides is 1. The topological polar surface area (TPSA) is 45.3 Å². The molecule has 1 amide bonds. The molecule has 1 aromatic heterocycles. The Labute approximate surface area is 156 Å². The molecule has 1 aliphatic heterocycles. The van der Waals surface area contributed by atoms with Crippen LogP contribution < -0.4 is 4.74 Å². The Morgan fingerprint density at radius 3 is 2.58 bits per heavy atom. The zero-order valence-electron chi connectivity index (χ0n) is 16.9. The number of benzene rings is 1. The van der Waals surface area contributed by atoms with Crippen LogP contribution in [0.3, 0.4) is 0 Å². The molecular formula is C22H32N2O2. The first-order valence-corrected chi connectivity index (χ1v) is 9.82. The Hall–Kier alpha value is -1.97. The van der Waals surface area contributed by atoms with Crippen LogP contribution in [0.1, 0.15) is 57.9 Å². The van der Waals surface area contributed by atoms with Crippen molar-refractivity contribution in [3.05, 3.63) is 30.0 Å². The number of carbonyl (C=O) groups is 1. The lowest BCUT2D eigenvalue weighted by molar-refractivity contribution is 0.0291. The van der Waals surface area contributed by atoms with Crippen LogP contribution in [0, 0.1) is 17.8 Å². The molecule has 1 N–H and O–H groups in total. The standard InChI is InChI=1S/C22H32N2O2/c1-7-16-12-22(14(2)3,15(4)5)24(13-16)21(25)19-11-17-18(23-19)9-8-10-20(17)26-6/h8-11,14-16,23H,7,12-13H2,1-6H3. The Kier molecular flexibility index (Phi) is 5.05. The lowest BCUT2D eigenvalue weighted by Crippen LogP contribution is -2.54. The molecule has 1 atom stereocenters. The van der Waals surface area contributed by atoms with Crippen LogP contribution in [-0.4, -0.2) is 35.0 Å². The maximum absolute atomic E-state index is 13.6. The van der Waals surface area contributed by atoms with Crippen molar-refractivity contribution in [1.29, 1.82) is 0 Å². The highest BCUT2D eigenvalue weighted by atomic mass is 16.5. The number of rotatable bonds is 5. The van der Waals surface area contributed by atoms with Gasteiger partial charge >= 0.3 is 0 Å². The fourth-order valence-electron chi connectivity index (χ4n) is 4.94. The smallest absolute Gasteiger partial charge is 0.270 e. The quantitative estimate of drug-likeness (QED) is 0.810. The molecule has 0 radical (unpaired) electrons. The van der Waals surface area contributed by atoms with Gasteiger partial charge in [0.05, 0.1) is 7.11 Å². The first-order valence-electron chi connectivity index (χ1n) is 9.82. The van der Waals surface area contributed by atoms with Gasteiger partial charge in [-0.25, -0.2) is 0 Å². The van der Waals surface area contributed by atoms with Crippen molar-refractivity contribution >= 4 is 16.8 Å². The third-order valence-electron chi connectivity index (χ3n) is 6.46. The van der Waals surface area contributed by atoms with Crippen molar-refractivity contribution in [2.45, 2.75) is 53.0 Å². The summed E-state index contributed by atoms with van der Waals surface area (Å²) in [6.07, 6.45) is 2.21. The van der Waals surface area contributed by atoms with Crippen molar-refractivity contribution in [3.63, 3.8) is 0 Å². The van der Waals surface area contributed by atoms with E-state index in [0.717, 1.165) is 36.0 Å². The van der Waals surface area contributed by atoms with E-state index in [0.29, 0.717) is 23.4 Å². The first kappa shape index (κ1) is 18.8. The van der Waals surface area contributed by atoms with Gasteiger partial charge in [0.25, 0.3) is 5.91 Å². The molecule has 2 heterocycles. The zero-order valence-corrected chi connectivity index (χ0v) is 16.9. The van der Waals surface area contributed by atoms with E-state index in [1.54, 1.807) is 7.11 Å². The number of hydrogen-bond acceptors (Lipinski definition) is 2. The average Bonchev–Trinajstić information content (AvgIpc) is 3.22. The monoisotopic (exact) mass is 356 g/mol. The number of H-pyrrole nitrogens is 1. The van der Waals surface area contributed by atoms with E-state index in [-0.39, 0.29) is 11.4 Å². The number of ether oxygens (including phenoxy) is 1. The molecule has 4 heteroatoms. The summed E-state index contributed by atoms with van der Waals surface area (Å²) in [6, 6.07) is 7.81. The van der Waals surface area contributed by atoms with Gasteiger partial charge in [-0.2, -0.15) is 0 Å². The average molecular weight is 357 g/mol. The molecule has 142 valence electrons. The van der Waals surface area contributed by atoms with E-state index in [4.69, 9.17) is 4.74 Å². The molecule has 4 nitrogen and oxygen atoms in total. The lowest BCUT2D eigenvalue weighted by Gasteiger charge is -2.45. The summed E-state index contributed by atoms with van der Waals surface area (Å²) in [5.41, 5.74) is 1.52. The number of fused-ring (bicyclic) bond motifs is 1. The summed E-state index contributed by atoms with van der Waals surface area (Å²) in [6.45, 7) is 12.1. The number of nitrogens with zero attached hydrogens (tertiary/aromatic N) is 1. The van der Waals surface area contributed by atoms with E-state index in [9.17, 15) is 4.79 Å². The highest BCUT2D eigenvalue weighted by Gasteiger charge is 2.51. The third-order valence-corrected chi connectivity index (χ3v) is 6.46. The second-order valence-corrected chi connectivity index (χ2v) is 8.30. The van der Waals surface area contributed by atoms with Crippen LogP contribution in [0.15, 0.2) is 24.3 Å². The number of hydrogen-bond donors (Lipinski definition) is 1. The summed E-state index contributed by atoms with van der Waals surface area (Å²) in [5, 5.41) is 0.962. The number of likely N-dealkylation sites (tertiary alicyclic amines) is 1. The van der Waals surface area contributed by atoms with E-state index in [2.05, 4.69) is 44.5 Å². The number of aromatic nitrogens is 1. The van der Waals surface area contributed by atoms with Gasteiger partial charge in [0.15, 0.2) is 0 Å². The maximum Gasteiger partial charge on any atom is 0.270 e. The number of carbonyl (C=O) groups excluding carboxylic acids is 1. The molecule has 2 aromatic rings. The summed E-state index contributed by atoms with van der Waals surface area (Å²) < 4.78 is 5.45. The second kappa shape index (κ2) is 6.98. The van der Waals surface area contributed by atoms with E-state index >= 15 is 0 Å². The molecule has 1 unspecified atom stereocenters. The summed E-state index contributed by atoms with van der Waals surface area (Å²) in [4.78, 5) is 19.0. The molecule has 0 spiro atoms. The van der Waals surface area contributed by atoms with Crippen LogP contribution in [0.4, 0.5) is 0 Å².